The average molecular weight is 212 g/mol. The molecule has 0 radical (unpaired) electrons. The highest BCUT2D eigenvalue weighted by Gasteiger charge is 2.25. The predicted molar refractivity (Wildman–Crippen MR) is 54.7 cm³/mol. The van der Waals surface area contributed by atoms with Crippen LogP contribution in [0.5, 0.6) is 0 Å². The Labute approximate surface area is 86.3 Å². The first-order valence-electron chi connectivity index (χ1n) is 4.68. The van der Waals surface area contributed by atoms with Crippen LogP contribution in [0.4, 0.5) is 5.00 Å². The van der Waals surface area contributed by atoms with Gasteiger partial charge in [0, 0.05) is 6.04 Å². The smallest absolute Gasteiger partial charge is 0.360 e. The van der Waals surface area contributed by atoms with Crippen molar-refractivity contribution in [2.45, 2.75) is 25.8 Å². The number of aromatic nitrogens is 1. The molecule has 1 aliphatic carbocycles. The van der Waals surface area contributed by atoms with E-state index in [1.807, 2.05) is 0 Å². The molecule has 0 aromatic carbocycles. The summed E-state index contributed by atoms with van der Waals surface area (Å²) < 4.78 is 4.89. The van der Waals surface area contributed by atoms with Crippen LogP contribution in [0.25, 0.3) is 0 Å². The number of carbonyl (C=O) groups is 1. The van der Waals surface area contributed by atoms with Crippen molar-refractivity contribution in [3.05, 3.63) is 11.2 Å². The number of esters is 1. The maximum atomic E-state index is 11.4. The summed E-state index contributed by atoms with van der Waals surface area (Å²) in [5, 5.41) is 4.10. The van der Waals surface area contributed by atoms with Gasteiger partial charge in [-0.1, -0.05) is 0 Å². The van der Waals surface area contributed by atoms with Crippen molar-refractivity contribution < 1.29 is 9.53 Å². The highest BCUT2D eigenvalue weighted by Crippen LogP contribution is 2.29. The lowest BCUT2D eigenvalue weighted by Crippen LogP contribution is -2.09. The molecule has 5 heteroatoms. The van der Waals surface area contributed by atoms with Gasteiger partial charge in [0.15, 0.2) is 5.69 Å². The topological polar surface area (TPSA) is 51.2 Å². The van der Waals surface area contributed by atoms with Crippen molar-refractivity contribution in [3.63, 3.8) is 0 Å². The fraction of sp³-hybridized carbons (Fsp3) is 0.556. The van der Waals surface area contributed by atoms with Crippen molar-refractivity contribution in [3.8, 4) is 0 Å². The first kappa shape index (κ1) is 9.45. The Morgan fingerprint density at radius 3 is 3.21 bits per heavy atom. The van der Waals surface area contributed by atoms with Crippen LogP contribution < -0.4 is 5.32 Å². The zero-order valence-electron chi connectivity index (χ0n) is 7.95. The SMILES string of the molecule is CCOC(=O)c1ncsc1NC1CC1. The molecule has 0 bridgehead atoms. The van der Waals surface area contributed by atoms with Crippen LogP contribution in [-0.4, -0.2) is 23.6 Å². The molecule has 4 nitrogen and oxygen atoms in total. The Kier molecular flexibility index (Phi) is 2.67. The lowest BCUT2D eigenvalue weighted by atomic mass is 10.4. The molecule has 1 saturated carbocycles. The minimum absolute atomic E-state index is 0.336. The number of nitrogens with one attached hydrogen (secondary N) is 1. The van der Waals surface area contributed by atoms with Crippen molar-refractivity contribution in [1.82, 2.24) is 4.98 Å². The summed E-state index contributed by atoms with van der Waals surface area (Å²) in [6.45, 7) is 2.18. The van der Waals surface area contributed by atoms with E-state index >= 15 is 0 Å². The largest absolute Gasteiger partial charge is 0.461 e. The molecular formula is C9H12N2O2S. The second kappa shape index (κ2) is 3.96. The first-order chi connectivity index (χ1) is 6.81. The maximum absolute atomic E-state index is 11.4. The molecule has 1 N–H and O–H groups in total. The van der Waals surface area contributed by atoms with Gasteiger partial charge in [0.2, 0.25) is 0 Å². The van der Waals surface area contributed by atoms with E-state index in [1.54, 1.807) is 12.4 Å². The first-order valence-corrected chi connectivity index (χ1v) is 5.56. The molecule has 1 fully saturated rings. The van der Waals surface area contributed by atoms with E-state index in [0.29, 0.717) is 18.3 Å². The number of hydrogen-bond acceptors (Lipinski definition) is 5. The van der Waals surface area contributed by atoms with Crippen LogP contribution in [0.2, 0.25) is 0 Å². The zero-order chi connectivity index (χ0) is 9.97. The van der Waals surface area contributed by atoms with Crippen LogP contribution in [0.1, 0.15) is 30.3 Å². The quantitative estimate of drug-likeness (QED) is 0.774. The second-order valence-electron chi connectivity index (χ2n) is 3.17. The van der Waals surface area contributed by atoms with Gasteiger partial charge in [-0.05, 0) is 19.8 Å². The number of nitrogens with zero attached hydrogens (tertiary/aromatic N) is 1. The number of anilines is 1. The minimum Gasteiger partial charge on any atom is -0.461 e. The average Bonchev–Trinajstić information content (AvgIpc) is 2.82. The van der Waals surface area contributed by atoms with Crippen LogP contribution in [0.3, 0.4) is 0 Å². The molecule has 0 aliphatic heterocycles. The Balaban J connectivity index is 2.07. The van der Waals surface area contributed by atoms with Crippen LogP contribution >= 0.6 is 11.3 Å². The van der Waals surface area contributed by atoms with E-state index in [1.165, 1.54) is 24.2 Å². The molecule has 76 valence electrons. The van der Waals surface area contributed by atoms with Gasteiger partial charge in [0.05, 0.1) is 12.1 Å². The fourth-order valence-electron chi connectivity index (χ4n) is 1.11. The van der Waals surface area contributed by atoms with Gasteiger partial charge in [-0.3, -0.25) is 0 Å². The van der Waals surface area contributed by atoms with E-state index in [0.717, 1.165) is 5.00 Å². The molecule has 0 unspecified atom stereocenters. The fourth-order valence-corrected chi connectivity index (χ4v) is 1.85. The summed E-state index contributed by atoms with van der Waals surface area (Å²) in [5.41, 5.74) is 2.08. The van der Waals surface area contributed by atoms with Crippen molar-refractivity contribution in [2.75, 3.05) is 11.9 Å². The molecule has 0 atom stereocenters. The third kappa shape index (κ3) is 2.04. The van der Waals surface area contributed by atoms with Gasteiger partial charge in [0.1, 0.15) is 5.00 Å². The van der Waals surface area contributed by atoms with Gasteiger partial charge in [-0.15, -0.1) is 11.3 Å². The van der Waals surface area contributed by atoms with Gasteiger partial charge in [0.25, 0.3) is 0 Å². The van der Waals surface area contributed by atoms with Crippen molar-refractivity contribution >= 4 is 22.3 Å². The molecule has 1 aliphatic rings. The van der Waals surface area contributed by atoms with Crippen LogP contribution in [0.15, 0.2) is 5.51 Å². The van der Waals surface area contributed by atoms with E-state index in [4.69, 9.17) is 4.74 Å². The Hall–Kier alpha value is -1.10. The second-order valence-corrected chi connectivity index (χ2v) is 4.02. The number of thiazole rings is 1. The number of rotatable bonds is 4. The Bertz CT molecular complexity index is 333. The third-order valence-electron chi connectivity index (χ3n) is 1.95. The van der Waals surface area contributed by atoms with E-state index < -0.39 is 0 Å². The Morgan fingerprint density at radius 2 is 2.57 bits per heavy atom. The van der Waals surface area contributed by atoms with Crippen LogP contribution in [-0.2, 0) is 4.74 Å². The summed E-state index contributed by atoms with van der Waals surface area (Å²) >= 11 is 1.45. The molecule has 0 spiro atoms. The molecule has 0 saturated heterocycles. The van der Waals surface area contributed by atoms with Gasteiger partial charge in [-0.25, -0.2) is 9.78 Å². The number of ether oxygens (including phenoxy) is 1. The monoisotopic (exact) mass is 212 g/mol. The standard InChI is InChI=1S/C9H12N2O2S/c1-2-13-9(12)7-8(14-5-10-7)11-6-3-4-6/h5-6,11H,2-4H2,1H3. The van der Waals surface area contributed by atoms with Crippen LogP contribution in [0, 0.1) is 0 Å². The van der Waals surface area contributed by atoms with Gasteiger partial charge < -0.3 is 10.1 Å². The zero-order valence-corrected chi connectivity index (χ0v) is 8.76. The third-order valence-corrected chi connectivity index (χ3v) is 2.71. The molecule has 0 amide bonds. The molecule has 14 heavy (non-hydrogen) atoms. The summed E-state index contributed by atoms with van der Waals surface area (Å²) in [5.74, 6) is -0.336. The molecule has 2 rings (SSSR count). The normalized spacial score (nSPS) is 15.2. The highest BCUT2D eigenvalue weighted by molar-refractivity contribution is 7.14. The Morgan fingerprint density at radius 1 is 1.79 bits per heavy atom. The molecule has 1 heterocycles. The van der Waals surface area contributed by atoms with E-state index in [2.05, 4.69) is 10.3 Å². The summed E-state index contributed by atoms with van der Waals surface area (Å²) in [4.78, 5) is 15.4. The molecular weight excluding hydrogens is 200 g/mol. The predicted octanol–water partition coefficient (Wildman–Crippen LogP) is 1.89. The van der Waals surface area contributed by atoms with Gasteiger partial charge >= 0.3 is 5.97 Å². The van der Waals surface area contributed by atoms with Gasteiger partial charge in [-0.2, -0.15) is 0 Å². The minimum atomic E-state index is -0.336. The summed E-state index contributed by atoms with van der Waals surface area (Å²) in [7, 11) is 0. The van der Waals surface area contributed by atoms with Crippen molar-refractivity contribution in [1.29, 1.82) is 0 Å². The van der Waals surface area contributed by atoms with E-state index in [9.17, 15) is 4.79 Å². The number of hydrogen-bond donors (Lipinski definition) is 1. The van der Waals surface area contributed by atoms with E-state index in [-0.39, 0.29) is 5.97 Å². The number of carbonyl (C=O) groups excluding carboxylic acids is 1. The lowest BCUT2D eigenvalue weighted by Gasteiger charge is -2.03. The summed E-state index contributed by atoms with van der Waals surface area (Å²) in [6, 6.07) is 0.531. The maximum Gasteiger partial charge on any atom is 0.360 e. The molecule has 1 aromatic rings. The van der Waals surface area contributed by atoms with Crippen molar-refractivity contribution in [2.24, 2.45) is 0 Å². The summed E-state index contributed by atoms with van der Waals surface area (Å²) in [6.07, 6.45) is 2.36. The lowest BCUT2D eigenvalue weighted by molar-refractivity contribution is 0.0521. The highest BCUT2D eigenvalue weighted by atomic mass is 32.1. The molecule has 1 aromatic heterocycles.